The van der Waals surface area contributed by atoms with Gasteiger partial charge in [0.25, 0.3) is 10.1 Å². The molecule has 0 unspecified atom stereocenters. The third kappa shape index (κ3) is 3.11. The second-order valence-electron chi connectivity index (χ2n) is 6.02. The molecule has 21 heavy (non-hydrogen) atoms. The van der Waals surface area contributed by atoms with Crippen molar-refractivity contribution in [1.29, 1.82) is 0 Å². The highest BCUT2D eigenvalue weighted by Crippen LogP contribution is 2.42. The molecule has 2 aromatic rings. The lowest BCUT2D eigenvalue weighted by Crippen LogP contribution is -2.29. The highest BCUT2D eigenvalue weighted by Gasteiger charge is 2.37. The fourth-order valence-electron chi connectivity index (χ4n) is 3.31. The lowest BCUT2D eigenvalue weighted by atomic mass is 9.79. The molecule has 3 nitrogen and oxygen atoms in total. The van der Waals surface area contributed by atoms with Crippen molar-refractivity contribution in [3.63, 3.8) is 0 Å². The van der Waals surface area contributed by atoms with Crippen LogP contribution in [0.5, 0.6) is 0 Å². The van der Waals surface area contributed by atoms with Gasteiger partial charge in [-0.2, -0.15) is 8.42 Å². The monoisotopic (exact) mass is 304 g/mol. The fraction of sp³-hybridized carbons (Fsp3) is 0.412. The highest BCUT2D eigenvalue weighted by atomic mass is 32.2. The van der Waals surface area contributed by atoms with Gasteiger partial charge < -0.3 is 0 Å². The van der Waals surface area contributed by atoms with Crippen LogP contribution in [0.4, 0.5) is 0 Å². The van der Waals surface area contributed by atoms with Gasteiger partial charge >= 0.3 is 0 Å². The molecule has 0 heterocycles. The smallest absolute Gasteiger partial charge is 0.264 e. The van der Waals surface area contributed by atoms with Crippen LogP contribution in [0.3, 0.4) is 0 Å². The molecular formula is C17H20O3S. The SMILES string of the molecule is CS(=O)(=O)OCC1(c2ccc3ccccc3c2)CCCC1. The summed E-state index contributed by atoms with van der Waals surface area (Å²) in [5, 5.41) is 2.40. The maximum absolute atomic E-state index is 11.4. The van der Waals surface area contributed by atoms with Crippen LogP contribution in [-0.4, -0.2) is 21.3 Å². The van der Waals surface area contributed by atoms with Crippen LogP contribution in [0.25, 0.3) is 10.8 Å². The molecule has 1 aliphatic carbocycles. The van der Waals surface area contributed by atoms with E-state index in [1.165, 1.54) is 16.3 Å². The summed E-state index contributed by atoms with van der Waals surface area (Å²) in [4.78, 5) is 0. The normalized spacial score (nSPS) is 18.1. The molecule has 1 saturated carbocycles. The molecule has 3 rings (SSSR count). The molecule has 0 spiro atoms. The van der Waals surface area contributed by atoms with Crippen LogP contribution in [0.1, 0.15) is 31.2 Å². The average molecular weight is 304 g/mol. The van der Waals surface area contributed by atoms with E-state index in [0.717, 1.165) is 31.9 Å². The molecule has 112 valence electrons. The van der Waals surface area contributed by atoms with Crippen LogP contribution in [-0.2, 0) is 19.7 Å². The Morgan fingerprint density at radius 3 is 2.38 bits per heavy atom. The van der Waals surface area contributed by atoms with Crippen molar-refractivity contribution in [2.75, 3.05) is 12.9 Å². The molecule has 1 fully saturated rings. The molecule has 1 aliphatic rings. The lowest BCUT2D eigenvalue weighted by Gasteiger charge is -2.29. The first kappa shape index (κ1) is 14.5. The average Bonchev–Trinajstić information content (AvgIpc) is 2.94. The predicted molar refractivity (Wildman–Crippen MR) is 84.9 cm³/mol. The van der Waals surface area contributed by atoms with Gasteiger partial charge in [0, 0.05) is 5.41 Å². The first-order valence-electron chi connectivity index (χ1n) is 7.32. The van der Waals surface area contributed by atoms with E-state index in [1.807, 2.05) is 12.1 Å². The summed E-state index contributed by atoms with van der Waals surface area (Å²) in [7, 11) is -3.40. The third-order valence-electron chi connectivity index (χ3n) is 4.47. The summed E-state index contributed by atoms with van der Waals surface area (Å²) in [6, 6.07) is 14.7. The zero-order valence-electron chi connectivity index (χ0n) is 12.2. The minimum atomic E-state index is -3.40. The number of fused-ring (bicyclic) bond motifs is 1. The van der Waals surface area contributed by atoms with Gasteiger partial charge in [-0.1, -0.05) is 55.3 Å². The van der Waals surface area contributed by atoms with Gasteiger partial charge in [0.05, 0.1) is 12.9 Å². The second kappa shape index (κ2) is 5.43. The van der Waals surface area contributed by atoms with Crippen molar-refractivity contribution >= 4 is 20.9 Å². The van der Waals surface area contributed by atoms with E-state index >= 15 is 0 Å². The first-order chi connectivity index (χ1) is 9.99. The van der Waals surface area contributed by atoms with Crippen LogP contribution >= 0.6 is 0 Å². The van der Waals surface area contributed by atoms with E-state index < -0.39 is 10.1 Å². The minimum Gasteiger partial charge on any atom is -0.269 e. The van der Waals surface area contributed by atoms with E-state index in [1.54, 1.807) is 0 Å². The van der Waals surface area contributed by atoms with Gasteiger partial charge in [-0.15, -0.1) is 0 Å². The van der Waals surface area contributed by atoms with Crippen LogP contribution < -0.4 is 0 Å². The van der Waals surface area contributed by atoms with Crippen LogP contribution in [0.2, 0.25) is 0 Å². The Morgan fingerprint density at radius 1 is 1.05 bits per heavy atom. The van der Waals surface area contributed by atoms with Crippen molar-refractivity contribution < 1.29 is 12.6 Å². The maximum Gasteiger partial charge on any atom is 0.264 e. The molecule has 0 bridgehead atoms. The summed E-state index contributed by atoms with van der Waals surface area (Å²) < 4.78 is 27.9. The Morgan fingerprint density at radius 2 is 1.71 bits per heavy atom. The predicted octanol–water partition coefficient (Wildman–Crippen LogP) is 3.63. The van der Waals surface area contributed by atoms with Gasteiger partial charge in [-0.3, -0.25) is 4.18 Å². The Hall–Kier alpha value is -1.39. The Labute approximate surface area is 126 Å². The zero-order valence-corrected chi connectivity index (χ0v) is 13.0. The zero-order chi connectivity index (χ0) is 14.9. The molecule has 0 radical (unpaired) electrons. The van der Waals surface area contributed by atoms with Gasteiger partial charge in [0.15, 0.2) is 0 Å². The number of hydrogen-bond acceptors (Lipinski definition) is 3. The van der Waals surface area contributed by atoms with Crippen LogP contribution in [0, 0.1) is 0 Å². The summed E-state index contributed by atoms with van der Waals surface area (Å²) in [5.41, 5.74) is 1.04. The highest BCUT2D eigenvalue weighted by molar-refractivity contribution is 7.85. The molecular weight excluding hydrogens is 284 g/mol. The second-order valence-corrected chi connectivity index (χ2v) is 7.66. The topological polar surface area (TPSA) is 43.4 Å². The van der Waals surface area contributed by atoms with Gasteiger partial charge in [0.2, 0.25) is 0 Å². The Balaban J connectivity index is 1.98. The molecule has 2 aromatic carbocycles. The number of benzene rings is 2. The Kier molecular flexibility index (Phi) is 3.76. The van der Waals surface area contributed by atoms with Crippen LogP contribution in [0.15, 0.2) is 42.5 Å². The Bertz CT molecular complexity index is 743. The quantitative estimate of drug-likeness (QED) is 0.810. The maximum atomic E-state index is 11.4. The first-order valence-corrected chi connectivity index (χ1v) is 9.14. The van der Waals surface area contributed by atoms with E-state index in [2.05, 4.69) is 30.3 Å². The van der Waals surface area contributed by atoms with Crippen molar-refractivity contribution in [2.24, 2.45) is 0 Å². The lowest BCUT2D eigenvalue weighted by molar-refractivity contribution is 0.224. The van der Waals surface area contributed by atoms with Gasteiger partial charge in [0.1, 0.15) is 0 Å². The summed E-state index contributed by atoms with van der Waals surface area (Å²) in [6.07, 6.45) is 5.34. The van der Waals surface area contributed by atoms with E-state index in [4.69, 9.17) is 4.18 Å². The van der Waals surface area contributed by atoms with Gasteiger partial charge in [-0.25, -0.2) is 0 Å². The molecule has 4 heteroatoms. The summed E-state index contributed by atoms with van der Waals surface area (Å²) in [6.45, 7) is 0.254. The van der Waals surface area contributed by atoms with E-state index in [0.29, 0.717) is 0 Å². The molecule has 0 aliphatic heterocycles. The standard InChI is InChI=1S/C17H20O3S/c1-21(18,19)20-13-17(10-4-5-11-17)16-9-8-14-6-2-3-7-15(14)12-16/h2-3,6-9,12H,4-5,10-11,13H2,1H3. The third-order valence-corrected chi connectivity index (χ3v) is 5.02. The summed E-state index contributed by atoms with van der Waals surface area (Å²) >= 11 is 0. The van der Waals surface area contributed by atoms with Crippen molar-refractivity contribution in [3.05, 3.63) is 48.0 Å². The van der Waals surface area contributed by atoms with Gasteiger partial charge in [-0.05, 0) is 29.2 Å². The fourth-order valence-corrected chi connectivity index (χ4v) is 3.75. The molecule has 0 amide bonds. The number of rotatable bonds is 4. The summed E-state index contributed by atoms with van der Waals surface area (Å²) in [5.74, 6) is 0. The van der Waals surface area contributed by atoms with Crippen molar-refractivity contribution in [1.82, 2.24) is 0 Å². The molecule has 0 saturated heterocycles. The minimum absolute atomic E-state index is 0.160. The van der Waals surface area contributed by atoms with E-state index in [-0.39, 0.29) is 12.0 Å². The molecule has 0 N–H and O–H groups in total. The number of hydrogen-bond donors (Lipinski definition) is 0. The van der Waals surface area contributed by atoms with Crippen molar-refractivity contribution in [2.45, 2.75) is 31.1 Å². The van der Waals surface area contributed by atoms with Crippen molar-refractivity contribution in [3.8, 4) is 0 Å². The largest absolute Gasteiger partial charge is 0.269 e. The molecule has 0 aromatic heterocycles. The van der Waals surface area contributed by atoms with E-state index in [9.17, 15) is 8.42 Å². The molecule has 0 atom stereocenters.